The Morgan fingerprint density at radius 3 is 0.881 bits per heavy atom. The summed E-state index contributed by atoms with van der Waals surface area (Å²) in [7, 11) is 0. The maximum Gasteiger partial charge on any atom is 0.306 e. The first-order valence-electron chi connectivity index (χ1n) is 26.2. The van der Waals surface area contributed by atoms with Crippen molar-refractivity contribution in [3.63, 3.8) is 0 Å². The molecule has 0 aliphatic rings. The number of carbonyl (C=O) groups excluding carboxylic acids is 3. The minimum atomic E-state index is -0.767. The van der Waals surface area contributed by atoms with Crippen LogP contribution >= 0.6 is 0 Å². The smallest absolute Gasteiger partial charge is 0.306 e. The number of esters is 3. The van der Waals surface area contributed by atoms with E-state index in [-0.39, 0.29) is 31.1 Å². The van der Waals surface area contributed by atoms with Gasteiger partial charge in [-0.25, -0.2) is 0 Å². The number of unbranched alkanes of at least 4 members (excludes halogenated alkanes) is 35. The van der Waals surface area contributed by atoms with E-state index in [1.807, 2.05) is 0 Å². The monoisotopic (exact) mass is 833 g/mol. The predicted octanol–water partition coefficient (Wildman–Crippen LogP) is 17.0. The molecule has 1 atom stereocenters. The number of allylic oxidation sites excluding steroid dienone is 2. The standard InChI is InChI=1S/C53H100O6/c1-4-7-10-13-16-19-22-24-25-26-27-28-29-32-34-37-40-43-46-52(55)58-49-50(48-57-51(54)45-42-39-36-33-30-21-18-15-12-9-6-3)59-53(56)47-44-41-38-35-31-23-20-17-14-11-8-5-2/h17,20,50H,4-16,18-19,21-49H2,1-3H3/b20-17-. The first-order chi connectivity index (χ1) is 29.0. The zero-order valence-electron chi connectivity index (χ0n) is 39.8. The van der Waals surface area contributed by atoms with Crippen LogP contribution in [-0.2, 0) is 28.6 Å². The zero-order valence-corrected chi connectivity index (χ0v) is 39.8. The van der Waals surface area contributed by atoms with E-state index in [1.165, 1.54) is 186 Å². The topological polar surface area (TPSA) is 78.9 Å². The molecule has 0 rings (SSSR count). The fourth-order valence-corrected chi connectivity index (χ4v) is 7.79. The second-order valence-electron chi connectivity index (χ2n) is 17.8. The normalized spacial score (nSPS) is 12.0. The summed E-state index contributed by atoms with van der Waals surface area (Å²) >= 11 is 0. The van der Waals surface area contributed by atoms with E-state index < -0.39 is 6.10 Å². The highest BCUT2D eigenvalue weighted by Gasteiger charge is 2.19. The lowest BCUT2D eigenvalue weighted by atomic mass is 10.0. The molecule has 0 spiro atoms. The van der Waals surface area contributed by atoms with Crippen LogP contribution in [0.2, 0.25) is 0 Å². The molecule has 0 amide bonds. The average molecular weight is 833 g/mol. The molecule has 0 saturated carbocycles. The lowest BCUT2D eigenvalue weighted by Crippen LogP contribution is -2.30. The Kier molecular flexibility index (Phi) is 47.3. The number of hydrogen-bond donors (Lipinski definition) is 0. The van der Waals surface area contributed by atoms with Crippen molar-refractivity contribution >= 4 is 17.9 Å². The molecule has 0 saturated heterocycles. The van der Waals surface area contributed by atoms with E-state index in [1.54, 1.807) is 0 Å². The summed E-state index contributed by atoms with van der Waals surface area (Å²) in [5.74, 6) is -0.862. The van der Waals surface area contributed by atoms with Gasteiger partial charge in [0.05, 0.1) is 0 Å². The Morgan fingerprint density at radius 2 is 0.559 bits per heavy atom. The number of rotatable bonds is 48. The molecule has 0 aliphatic carbocycles. The van der Waals surface area contributed by atoms with Gasteiger partial charge >= 0.3 is 17.9 Å². The summed E-state index contributed by atoms with van der Waals surface area (Å²) in [6, 6.07) is 0. The van der Waals surface area contributed by atoms with Gasteiger partial charge in [-0.15, -0.1) is 0 Å². The van der Waals surface area contributed by atoms with Crippen molar-refractivity contribution in [1.82, 2.24) is 0 Å². The zero-order chi connectivity index (χ0) is 43.0. The van der Waals surface area contributed by atoms with Gasteiger partial charge in [0, 0.05) is 19.3 Å². The Balaban J connectivity index is 4.27. The number of carbonyl (C=O) groups is 3. The Bertz CT molecular complexity index is 916. The van der Waals surface area contributed by atoms with E-state index >= 15 is 0 Å². The van der Waals surface area contributed by atoms with Crippen LogP contribution in [-0.4, -0.2) is 37.2 Å². The van der Waals surface area contributed by atoms with Crippen LogP contribution in [0.1, 0.15) is 290 Å². The van der Waals surface area contributed by atoms with Gasteiger partial charge in [0.2, 0.25) is 0 Å². The largest absolute Gasteiger partial charge is 0.462 e. The number of hydrogen-bond acceptors (Lipinski definition) is 6. The molecule has 0 aromatic rings. The fraction of sp³-hybridized carbons (Fsp3) is 0.906. The van der Waals surface area contributed by atoms with Crippen LogP contribution in [0.15, 0.2) is 12.2 Å². The summed E-state index contributed by atoms with van der Waals surface area (Å²) in [6.45, 7) is 6.64. The molecule has 6 heteroatoms. The third-order valence-electron chi connectivity index (χ3n) is 11.8. The van der Waals surface area contributed by atoms with Crippen LogP contribution < -0.4 is 0 Å². The van der Waals surface area contributed by atoms with E-state index in [2.05, 4.69) is 32.9 Å². The molecule has 59 heavy (non-hydrogen) atoms. The van der Waals surface area contributed by atoms with Crippen molar-refractivity contribution in [2.24, 2.45) is 0 Å². The Labute approximate surface area is 367 Å². The molecule has 0 aromatic carbocycles. The van der Waals surface area contributed by atoms with Crippen molar-refractivity contribution in [2.75, 3.05) is 13.2 Å². The van der Waals surface area contributed by atoms with Crippen molar-refractivity contribution in [1.29, 1.82) is 0 Å². The molecule has 0 radical (unpaired) electrons. The lowest BCUT2D eigenvalue weighted by Gasteiger charge is -2.18. The van der Waals surface area contributed by atoms with Crippen LogP contribution in [0, 0.1) is 0 Å². The molecule has 1 unspecified atom stereocenters. The minimum absolute atomic E-state index is 0.0681. The number of ether oxygens (including phenoxy) is 3. The van der Waals surface area contributed by atoms with Crippen LogP contribution in [0.4, 0.5) is 0 Å². The van der Waals surface area contributed by atoms with Crippen molar-refractivity contribution in [3.05, 3.63) is 12.2 Å². The molecule has 6 nitrogen and oxygen atoms in total. The maximum absolute atomic E-state index is 12.8. The molecule has 0 aliphatic heterocycles. The predicted molar refractivity (Wildman–Crippen MR) is 252 cm³/mol. The van der Waals surface area contributed by atoms with Crippen molar-refractivity contribution < 1.29 is 28.6 Å². The van der Waals surface area contributed by atoms with Crippen LogP contribution in [0.5, 0.6) is 0 Å². The first kappa shape index (κ1) is 57.1. The molecule has 348 valence electrons. The van der Waals surface area contributed by atoms with Crippen LogP contribution in [0.25, 0.3) is 0 Å². The SMILES string of the molecule is CCCCC/C=C\CCCCCCCC(=O)OC(COC(=O)CCCCCCCCCCCCC)COC(=O)CCCCCCCCCCCCCCCCCCCC. The highest BCUT2D eigenvalue weighted by molar-refractivity contribution is 5.71. The van der Waals surface area contributed by atoms with Gasteiger partial charge in [-0.05, 0) is 44.9 Å². The summed E-state index contributed by atoms with van der Waals surface area (Å²) < 4.78 is 16.8. The minimum Gasteiger partial charge on any atom is -0.462 e. The van der Waals surface area contributed by atoms with E-state index in [0.29, 0.717) is 19.3 Å². The highest BCUT2D eigenvalue weighted by Crippen LogP contribution is 2.16. The summed E-state index contributed by atoms with van der Waals surface area (Å²) in [6.07, 6.45) is 53.4. The van der Waals surface area contributed by atoms with Gasteiger partial charge < -0.3 is 14.2 Å². The van der Waals surface area contributed by atoms with Gasteiger partial charge in [0.25, 0.3) is 0 Å². The fourth-order valence-electron chi connectivity index (χ4n) is 7.79. The lowest BCUT2D eigenvalue weighted by molar-refractivity contribution is -0.167. The average Bonchev–Trinajstić information content (AvgIpc) is 3.23. The molecule has 0 bridgehead atoms. The summed E-state index contributed by atoms with van der Waals surface area (Å²) in [5, 5.41) is 0. The maximum atomic E-state index is 12.8. The van der Waals surface area contributed by atoms with E-state index in [9.17, 15) is 14.4 Å². The van der Waals surface area contributed by atoms with Crippen molar-refractivity contribution in [3.8, 4) is 0 Å². The summed E-state index contributed by atoms with van der Waals surface area (Å²) in [4.78, 5) is 37.9. The second kappa shape index (κ2) is 48.8. The first-order valence-corrected chi connectivity index (χ1v) is 26.2. The van der Waals surface area contributed by atoms with Gasteiger partial charge in [-0.2, -0.15) is 0 Å². The molecule has 0 heterocycles. The van der Waals surface area contributed by atoms with Gasteiger partial charge in [-0.3, -0.25) is 14.4 Å². The molecule has 0 aromatic heterocycles. The highest BCUT2D eigenvalue weighted by atomic mass is 16.6. The second-order valence-corrected chi connectivity index (χ2v) is 17.8. The Hall–Kier alpha value is -1.85. The van der Waals surface area contributed by atoms with E-state index in [4.69, 9.17) is 14.2 Å². The molecular formula is C53H100O6. The molecular weight excluding hydrogens is 733 g/mol. The van der Waals surface area contributed by atoms with Gasteiger partial charge in [0.15, 0.2) is 6.10 Å². The third kappa shape index (κ3) is 47.1. The quantitative estimate of drug-likeness (QED) is 0.0263. The van der Waals surface area contributed by atoms with Crippen molar-refractivity contribution in [2.45, 2.75) is 297 Å². The molecule has 0 fully saturated rings. The summed E-state index contributed by atoms with van der Waals surface area (Å²) in [5.41, 5.74) is 0. The molecule has 0 N–H and O–H groups in total. The Morgan fingerprint density at radius 1 is 0.322 bits per heavy atom. The van der Waals surface area contributed by atoms with Gasteiger partial charge in [-0.1, -0.05) is 238 Å². The van der Waals surface area contributed by atoms with E-state index in [0.717, 1.165) is 64.2 Å². The van der Waals surface area contributed by atoms with Gasteiger partial charge in [0.1, 0.15) is 13.2 Å². The van der Waals surface area contributed by atoms with Crippen LogP contribution in [0.3, 0.4) is 0 Å². The third-order valence-corrected chi connectivity index (χ3v) is 11.8.